The Morgan fingerprint density at radius 2 is 2.26 bits per heavy atom. The average Bonchev–Trinajstić information content (AvgIpc) is 2.59. The maximum absolute atomic E-state index is 11.8. The number of rotatable bonds is 6. The Bertz CT molecular complexity index is 686. The van der Waals surface area contributed by atoms with Crippen molar-refractivity contribution in [3.05, 3.63) is 65.0 Å². The molecule has 6 heteroatoms. The second-order valence-corrected chi connectivity index (χ2v) is 5.17. The first-order valence-corrected chi connectivity index (χ1v) is 7.36. The Hall–Kier alpha value is -2.37. The number of amides is 1. The number of hydrogen-bond donors (Lipinski definition) is 2. The van der Waals surface area contributed by atoms with Gasteiger partial charge in [0, 0.05) is 18.8 Å². The minimum absolute atomic E-state index is 0.106. The number of methoxy groups -OCH3 is 1. The van der Waals surface area contributed by atoms with Gasteiger partial charge in [-0.1, -0.05) is 29.8 Å². The molecule has 0 bridgehead atoms. The van der Waals surface area contributed by atoms with Crippen LogP contribution in [0.2, 0.25) is 5.15 Å². The van der Waals surface area contributed by atoms with Crippen molar-refractivity contribution in [3.63, 3.8) is 0 Å². The lowest BCUT2D eigenvalue weighted by Crippen LogP contribution is -2.26. The van der Waals surface area contributed by atoms with E-state index in [9.17, 15) is 9.90 Å². The summed E-state index contributed by atoms with van der Waals surface area (Å²) in [6.45, 7) is 0.106. The number of carbonyl (C=O) groups is 1. The molecular formula is C17H17ClN2O3. The topological polar surface area (TPSA) is 71.5 Å². The standard InChI is InChI=1S/C17H17ClN2O3/c1-23-14-4-2-3-13(9-14)15(21)11-20-17(22)8-6-12-5-7-16(18)19-10-12/h2-10,15,21H,11H2,1H3,(H,20,22)/b8-6+. The largest absolute Gasteiger partial charge is 0.497 e. The quantitative estimate of drug-likeness (QED) is 0.630. The van der Waals surface area contributed by atoms with Crippen LogP contribution in [-0.4, -0.2) is 29.7 Å². The van der Waals surface area contributed by atoms with E-state index in [0.717, 1.165) is 5.56 Å². The molecule has 0 saturated carbocycles. The summed E-state index contributed by atoms with van der Waals surface area (Å²) >= 11 is 5.69. The molecule has 1 amide bonds. The van der Waals surface area contributed by atoms with Crippen molar-refractivity contribution in [2.45, 2.75) is 6.10 Å². The SMILES string of the molecule is COc1cccc(C(O)CNC(=O)/C=C/c2ccc(Cl)nc2)c1. The highest BCUT2D eigenvalue weighted by Gasteiger charge is 2.09. The van der Waals surface area contributed by atoms with Gasteiger partial charge in [0.25, 0.3) is 0 Å². The molecule has 0 radical (unpaired) electrons. The highest BCUT2D eigenvalue weighted by Crippen LogP contribution is 2.18. The summed E-state index contributed by atoms with van der Waals surface area (Å²) in [6.07, 6.45) is 3.76. The first-order chi connectivity index (χ1) is 11.1. The second-order valence-electron chi connectivity index (χ2n) is 4.79. The van der Waals surface area contributed by atoms with Crippen molar-refractivity contribution < 1.29 is 14.6 Å². The third kappa shape index (κ3) is 5.39. The van der Waals surface area contributed by atoms with Crippen molar-refractivity contribution in [1.29, 1.82) is 0 Å². The highest BCUT2D eigenvalue weighted by atomic mass is 35.5. The first kappa shape index (κ1) is 17.0. The predicted molar refractivity (Wildman–Crippen MR) is 89.2 cm³/mol. The van der Waals surface area contributed by atoms with Gasteiger partial charge in [0.15, 0.2) is 0 Å². The van der Waals surface area contributed by atoms with E-state index in [1.807, 2.05) is 0 Å². The molecule has 2 N–H and O–H groups in total. The lowest BCUT2D eigenvalue weighted by Gasteiger charge is -2.12. The summed E-state index contributed by atoms with van der Waals surface area (Å²) in [7, 11) is 1.56. The smallest absolute Gasteiger partial charge is 0.244 e. The van der Waals surface area contributed by atoms with Gasteiger partial charge in [-0.25, -0.2) is 4.98 Å². The van der Waals surface area contributed by atoms with Crippen LogP contribution < -0.4 is 10.1 Å². The Labute approximate surface area is 139 Å². The van der Waals surface area contributed by atoms with E-state index in [2.05, 4.69) is 10.3 Å². The van der Waals surface area contributed by atoms with Gasteiger partial charge in [0.1, 0.15) is 10.9 Å². The zero-order valence-electron chi connectivity index (χ0n) is 12.6. The Balaban J connectivity index is 1.86. The summed E-state index contributed by atoms with van der Waals surface area (Å²) in [6, 6.07) is 10.5. The van der Waals surface area contributed by atoms with Gasteiger partial charge in [-0.3, -0.25) is 4.79 Å². The lowest BCUT2D eigenvalue weighted by molar-refractivity contribution is -0.116. The Morgan fingerprint density at radius 1 is 1.43 bits per heavy atom. The molecule has 1 atom stereocenters. The van der Waals surface area contributed by atoms with Gasteiger partial charge in [-0.15, -0.1) is 0 Å². The van der Waals surface area contributed by atoms with Crippen LogP contribution in [0.15, 0.2) is 48.7 Å². The molecule has 2 aromatic rings. The highest BCUT2D eigenvalue weighted by molar-refractivity contribution is 6.29. The number of nitrogens with one attached hydrogen (secondary N) is 1. The van der Waals surface area contributed by atoms with Gasteiger partial charge >= 0.3 is 0 Å². The van der Waals surface area contributed by atoms with Crippen LogP contribution in [0.4, 0.5) is 0 Å². The van der Waals surface area contributed by atoms with Crippen molar-refractivity contribution in [1.82, 2.24) is 10.3 Å². The zero-order chi connectivity index (χ0) is 16.7. The molecule has 120 valence electrons. The molecule has 1 aromatic carbocycles. The number of ether oxygens (including phenoxy) is 1. The second kappa shape index (κ2) is 8.31. The van der Waals surface area contributed by atoms with Crippen molar-refractivity contribution in [2.75, 3.05) is 13.7 Å². The zero-order valence-corrected chi connectivity index (χ0v) is 13.3. The number of hydrogen-bond acceptors (Lipinski definition) is 4. The fourth-order valence-corrected chi connectivity index (χ4v) is 1.99. The van der Waals surface area contributed by atoms with E-state index < -0.39 is 6.10 Å². The molecule has 1 heterocycles. The van der Waals surface area contributed by atoms with E-state index >= 15 is 0 Å². The van der Waals surface area contributed by atoms with Crippen molar-refractivity contribution in [2.24, 2.45) is 0 Å². The van der Waals surface area contributed by atoms with E-state index in [1.54, 1.807) is 55.8 Å². The molecule has 0 aliphatic rings. The van der Waals surface area contributed by atoms with E-state index in [-0.39, 0.29) is 12.5 Å². The van der Waals surface area contributed by atoms with E-state index in [0.29, 0.717) is 16.5 Å². The number of aromatic nitrogens is 1. The third-order valence-electron chi connectivity index (χ3n) is 3.13. The fraction of sp³-hybridized carbons (Fsp3) is 0.176. The minimum Gasteiger partial charge on any atom is -0.497 e. The Morgan fingerprint density at radius 3 is 2.96 bits per heavy atom. The number of benzene rings is 1. The lowest BCUT2D eigenvalue weighted by atomic mass is 10.1. The summed E-state index contributed by atoms with van der Waals surface area (Å²) < 4.78 is 5.10. The minimum atomic E-state index is -0.806. The average molecular weight is 333 g/mol. The van der Waals surface area contributed by atoms with Gasteiger partial charge in [-0.05, 0) is 35.4 Å². The van der Waals surface area contributed by atoms with Crippen LogP contribution in [0, 0.1) is 0 Å². The van der Waals surface area contributed by atoms with E-state index in [4.69, 9.17) is 16.3 Å². The molecule has 0 spiro atoms. The molecule has 0 aliphatic heterocycles. The van der Waals surface area contributed by atoms with Gasteiger partial charge in [-0.2, -0.15) is 0 Å². The molecular weight excluding hydrogens is 316 g/mol. The normalized spacial score (nSPS) is 12.1. The maximum Gasteiger partial charge on any atom is 0.244 e. The molecule has 0 aliphatic carbocycles. The molecule has 0 fully saturated rings. The monoisotopic (exact) mass is 332 g/mol. The molecule has 1 aromatic heterocycles. The van der Waals surface area contributed by atoms with Crippen molar-refractivity contribution in [3.8, 4) is 5.75 Å². The van der Waals surface area contributed by atoms with Crippen LogP contribution in [0.25, 0.3) is 6.08 Å². The van der Waals surface area contributed by atoms with Crippen LogP contribution in [-0.2, 0) is 4.79 Å². The molecule has 23 heavy (non-hydrogen) atoms. The molecule has 0 saturated heterocycles. The van der Waals surface area contributed by atoms with Gasteiger partial charge < -0.3 is 15.2 Å². The molecule has 5 nitrogen and oxygen atoms in total. The predicted octanol–water partition coefficient (Wildman–Crippen LogP) is 2.61. The fourth-order valence-electron chi connectivity index (χ4n) is 1.88. The summed E-state index contributed by atoms with van der Waals surface area (Å²) in [4.78, 5) is 15.7. The third-order valence-corrected chi connectivity index (χ3v) is 3.35. The van der Waals surface area contributed by atoms with Crippen LogP contribution in [0.1, 0.15) is 17.2 Å². The Kier molecular flexibility index (Phi) is 6.14. The van der Waals surface area contributed by atoms with Crippen LogP contribution in [0.3, 0.4) is 0 Å². The number of aliphatic hydroxyl groups excluding tert-OH is 1. The summed E-state index contributed by atoms with van der Waals surface area (Å²) in [5, 5.41) is 13.1. The first-order valence-electron chi connectivity index (χ1n) is 6.98. The number of aliphatic hydroxyl groups is 1. The van der Waals surface area contributed by atoms with Crippen LogP contribution in [0.5, 0.6) is 5.75 Å². The number of pyridine rings is 1. The van der Waals surface area contributed by atoms with Gasteiger partial charge in [0.2, 0.25) is 5.91 Å². The summed E-state index contributed by atoms with van der Waals surface area (Å²) in [5.41, 5.74) is 1.44. The number of nitrogens with zero attached hydrogens (tertiary/aromatic N) is 1. The maximum atomic E-state index is 11.8. The van der Waals surface area contributed by atoms with Gasteiger partial charge in [0.05, 0.1) is 13.2 Å². The summed E-state index contributed by atoms with van der Waals surface area (Å²) in [5.74, 6) is 0.352. The van der Waals surface area contributed by atoms with Crippen LogP contribution >= 0.6 is 11.6 Å². The molecule has 2 rings (SSSR count). The molecule has 1 unspecified atom stereocenters. The number of halogens is 1. The van der Waals surface area contributed by atoms with Crippen molar-refractivity contribution >= 4 is 23.6 Å². The van der Waals surface area contributed by atoms with E-state index in [1.165, 1.54) is 6.08 Å². The number of carbonyl (C=O) groups excluding carboxylic acids is 1.